The Bertz CT molecular complexity index is 1010. The minimum absolute atomic E-state index is 0.152. The molecule has 3 aliphatic heterocycles. The van der Waals surface area contributed by atoms with E-state index < -0.39 is 17.4 Å². The number of nitrogens with zero attached hydrogens (tertiary/aromatic N) is 2. The Kier molecular flexibility index (Phi) is 3.93. The van der Waals surface area contributed by atoms with Gasteiger partial charge in [-0.2, -0.15) is 0 Å². The zero-order chi connectivity index (χ0) is 20.3. The molecule has 1 aromatic carbocycles. The number of anilines is 2. The summed E-state index contributed by atoms with van der Waals surface area (Å²) in [5.41, 5.74) is 1.14. The maximum absolute atomic E-state index is 13.2. The average molecular weight is 393 g/mol. The molecule has 1 N–H and O–H groups in total. The molecule has 0 radical (unpaired) electrons. The molecule has 7 nitrogen and oxygen atoms in total. The fourth-order valence-electron chi connectivity index (χ4n) is 4.65. The molecule has 2 amide bonds. The number of amides is 2. The smallest absolute Gasteiger partial charge is 0.235 e. The first-order valence-corrected chi connectivity index (χ1v) is 9.91. The van der Waals surface area contributed by atoms with Crippen LogP contribution in [-0.2, 0) is 14.3 Å². The Balaban J connectivity index is 1.39. The number of carbonyl (C=O) groups is 2. The topological polar surface area (TPSA) is 84.7 Å². The number of benzene rings is 1. The number of aryl methyl sites for hydroxylation is 1. The molecule has 4 atom stereocenters. The summed E-state index contributed by atoms with van der Waals surface area (Å²) < 4.78 is 11.3. The van der Waals surface area contributed by atoms with E-state index in [-0.39, 0.29) is 17.9 Å². The number of ether oxygens (including phenoxy) is 1. The highest BCUT2D eigenvalue weighted by Gasteiger charge is 2.67. The predicted molar refractivity (Wildman–Crippen MR) is 106 cm³/mol. The number of hydrogen-bond donors (Lipinski definition) is 1. The average Bonchev–Trinajstić information content (AvgIpc) is 3.43. The molecule has 2 fully saturated rings. The first-order chi connectivity index (χ1) is 13.9. The fourth-order valence-corrected chi connectivity index (χ4v) is 4.65. The minimum Gasteiger partial charge on any atom is -0.360 e. The van der Waals surface area contributed by atoms with E-state index in [0.717, 1.165) is 5.69 Å². The van der Waals surface area contributed by atoms with E-state index in [9.17, 15) is 9.59 Å². The van der Waals surface area contributed by atoms with Crippen molar-refractivity contribution in [2.45, 2.75) is 38.4 Å². The van der Waals surface area contributed by atoms with E-state index in [4.69, 9.17) is 9.26 Å². The fraction of sp³-hybridized carbons (Fsp3) is 0.409. The highest BCUT2D eigenvalue weighted by atomic mass is 16.5. The number of fused-ring (bicyclic) bond motifs is 1. The lowest BCUT2D eigenvalue weighted by atomic mass is 9.76. The van der Waals surface area contributed by atoms with Gasteiger partial charge in [0.15, 0.2) is 5.82 Å². The van der Waals surface area contributed by atoms with Crippen LogP contribution in [0.15, 0.2) is 47.0 Å². The van der Waals surface area contributed by atoms with Gasteiger partial charge in [0.2, 0.25) is 11.8 Å². The second-order valence-corrected chi connectivity index (χ2v) is 8.39. The lowest BCUT2D eigenvalue weighted by Crippen LogP contribution is -2.41. The number of nitrogens with one attached hydrogen (secondary N) is 1. The summed E-state index contributed by atoms with van der Waals surface area (Å²) in [7, 11) is 0. The molecule has 0 unspecified atom stereocenters. The van der Waals surface area contributed by atoms with Gasteiger partial charge in [0.05, 0.1) is 24.5 Å². The van der Waals surface area contributed by atoms with Crippen molar-refractivity contribution in [2.75, 3.05) is 16.8 Å². The normalized spacial score (nSPS) is 29.7. The van der Waals surface area contributed by atoms with Gasteiger partial charge in [-0.05, 0) is 30.5 Å². The van der Waals surface area contributed by atoms with Crippen molar-refractivity contribution in [1.29, 1.82) is 0 Å². The molecular formula is C22H23N3O4. The van der Waals surface area contributed by atoms with Crippen molar-refractivity contribution in [2.24, 2.45) is 11.8 Å². The number of carbonyl (C=O) groups excluding carboxylic acids is 2. The number of aromatic nitrogens is 1. The van der Waals surface area contributed by atoms with Gasteiger partial charge in [-0.1, -0.05) is 43.3 Å². The van der Waals surface area contributed by atoms with Crippen LogP contribution in [0.25, 0.3) is 0 Å². The number of hydrogen-bond acceptors (Lipinski definition) is 5. The molecule has 3 aliphatic rings. The van der Waals surface area contributed by atoms with Crippen LogP contribution < -0.4 is 10.2 Å². The van der Waals surface area contributed by atoms with E-state index >= 15 is 0 Å². The van der Waals surface area contributed by atoms with Gasteiger partial charge in [-0.25, -0.2) is 0 Å². The van der Waals surface area contributed by atoms with Crippen molar-refractivity contribution in [3.8, 4) is 0 Å². The van der Waals surface area contributed by atoms with Crippen molar-refractivity contribution in [3.63, 3.8) is 0 Å². The Morgan fingerprint density at radius 3 is 2.72 bits per heavy atom. The van der Waals surface area contributed by atoms with E-state index in [1.165, 1.54) is 5.56 Å². The van der Waals surface area contributed by atoms with Crippen LogP contribution in [0.1, 0.15) is 31.1 Å². The van der Waals surface area contributed by atoms with E-state index in [2.05, 4.69) is 24.3 Å². The Morgan fingerprint density at radius 1 is 1.31 bits per heavy atom. The monoisotopic (exact) mass is 393 g/mol. The first kappa shape index (κ1) is 18.1. The molecule has 2 saturated heterocycles. The molecular weight excluding hydrogens is 370 g/mol. The van der Waals surface area contributed by atoms with Crippen molar-refractivity contribution in [1.82, 2.24) is 5.16 Å². The van der Waals surface area contributed by atoms with Crippen LogP contribution in [0.2, 0.25) is 0 Å². The highest BCUT2D eigenvalue weighted by Crippen LogP contribution is 2.52. The number of rotatable bonds is 4. The van der Waals surface area contributed by atoms with Gasteiger partial charge in [0, 0.05) is 11.8 Å². The van der Waals surface area contributed by atoms with E-state index in [0.29, 0.717) is 24.0 Å². The van der Waals surface area contributed by atoms with Crippen LogP contribution in [0.3, 0.4) is 0 Å². The lowest BCUT2D eigenvalue weighted by Gasteiger charge is -2.23. The molecule has 2 bridgehead atoms. The molecule has 150 valence electrons. The molecule has 1 spiro atoms. The van der Waals surface area contributed by atoms with Gasteiger partial charge in [0.1, 0.15) is 11.4 Å². The van der Waals surface area contributed by atoms with Crippen molar-refractivity contribution >= 4 is 23.3 Å². The van der Waals surface area contributed by atoms with E-state index in [1.54, 1.807) is 17.9 Å². The minimum atomic E-state index is -0.780. The Hall–Kier alpha value is -2.93. The second-order valence-electron chi connectivity index (χ2n) is 8.39. The molecule has 29 heavy (non-hydrogen) atoms. The third-order valence-corrected chi connectivity index (χ3v) is 6.14. The SMILES string of the molecule is Cc1cc(N2C[C@]34C=C[C@@H](O3)[C@@H](C(=O)Nc3ccc(C(C)C)cc3)[C@@H]4C2=O)no1. The first-order valence-electron chi connectivity index (χ1n) is 9.91. The maximum atomic E-state index is 13.2. The summed E-state index contributed by atoms with van der Waals surface area (Å²) in [5, 5.41) is 6.93. The van der Waals surface area contributed by atoms with E-state index in [1.807, 2.05) is 36.4 Å². The molecule has 4 heterocycles. The maximum Gasteiger partial charge on any atom is 0.235 e. The van der Waals surface area contributed by atoms with Gasteiger partial charge >= 0.3 is 0 Å². The molecule has 2 aromatic rings. The Morgan fingerprint density at radius 2 is 2.07 bits per heavy atom. The zero-order valence-electron chi connectivity index (χ0n) is 16.6. The quantitative estimate of drug-likeness (QED) is 0.807. The lowest BCUT2D eigenvalue weighted by molar-refractivity contribution is -0.128. The summed E-state index contributed by atoms with van der Waals surface area (Å²) in [5.74, 6) is 0.0172. The summed E-state index contributed by atoms with van der Waals surface area (Å²) >= 11 is 0. The van der Waals surface area contributed by atoms with Gasteiger partial charge < -0.3 is 14.6 Å². The highest BCUT2D eigenvalue weighted by molar-refractivity contribution is 6.05. The van der Waals surface area contributed by atoms with Crippen LogP contribution in [0.4, 0.5) is 11.5 Å². The molecule has 0 saturated carbocycles. The summed E-state index contributed by atoms with van der Waals surface area (Å²) in [4.78, 5) is 27.9. The summed E-state index contributed by atoms with van der Waals surface area (Å²) in [6.07, 6.45) is 3.43. The summed E-state index contributed by atoms with van der Waals surface area (Å²) in [6, 6.07) is 9.53. The largest absolute Gasteiger partial charge is 0.360 e. The van der Waals surface area contributed by atoms with Crippen molar-refractivity contribution < 1.29 is 18.8 Å². The predicted octanol–water partition coefficient (Wildman–Crippen LogP) is 3.03. The van der Waals surface area contributed by atoms with Crippen molar-refractivity contribution in [3.05, 3.63) is 53.8 Å². The van der Waals surface area contributed by atoms with Crippen LogP contribution >= 0.6 is 0 Å². The Labute approximate surface area is 168 Å². The van der Waals surface area contributed by atoms with Gasteiger partial charge in [-0.15, -0.1) is 0 Å². The summed E-state index contributed by atoms with van der Waals surface area (Å²) in [6.45, 7) is 6.36. The standard InChI is InChI=1S/C22H23N3O4/c1-12(2)14-4-6-15(7-5-14)23-20(26)18-16-8-9-22(28-16)11-25(21(27)19(18)22)17-10-13(3)29-24-17/h4-10,12,16,18-19H,11H2,1-3H3,(H,23,26)/t16-,18-,19-,22+/m1/s1. The molecule has 0 aliphatic carbocycles. The van der Waals surface area contributed by atoms with Gasteiger partial charge in [0.25, 0.3) is 0 Å². The van der Waals surface area contributed by atoms with Gasteiger partial charge in [-0.3, -0.25) is 14.5 Å². The van der Waals surface area contributed by atoms with Crippen LogP contribution in [-0.4, -0.2) is 35.2 Å². The van der Waals surface area contributed by atoms with Crippen LogP contribution in [0.5, 0.6) is 0 Å². The molecule has 5 rings (SSSR count). The van der Waals surface area contributed by atoms with Crippen LogP contribution in [0, 0.1) is 18.8 Å². The third kappa shape index (κ3) is 2.72. The second kappa shape index (κ2) is 6.29. The third-order valence-electron chi connectivity index (χ3n) is 6.14. The zero-order valence-corrected chi connectivity index (χ0v) is 16.6. The molecule has 1 aromatic heterocycles. The molecule has 7 heteroatoms.